The van der Waals surface area contributed by atoms with Crippen molar-refractivity contribution >= 4 is 36.5 Å². The molecule has 0 atom stereocenters. The van der Waals surface area contributed by atoms with Crippen LogP contribution in [-0.2, 0) is 0 Å². The molecule has 6 N–H and O–H groups in total. The van der Waals surface area contributed by atoms with E-state index in [0.29, 0.717) is 11.7 Å². The lowest BCUT2D eigenvalue weighted by molar-refractivity contribution is 0.556. The molecule has 0 radical (unpaired) electrons. The Kier molecular flexibility index (Phi) is 22.7. The van der Waals surface area contributed by atoms with Crippen LogP contribution in [0.5, 0.6) is 0 Å². The molecular formula is C14H32Cl2N4. The maximum absolute atomic E-state index is 7.10. The number of hydrogen-bond donors (Lipinski definition) is 4. The van der Waals surface area contributed by atoms with E-state index < -0.39 is 0 Å². The first-order valence-electron chi connectivity index (χ1n) is 7.28. The maximum Gasteiger partial charge on any atom is 0.0905 e. The highest BCUT2D eigenvalue weighted by molar-refractivity contribution is 5.85. The molecule has 0 rings (SSSR count). The molecule has 122 valence electrons. The Balaban J connectivity index is -0.00000144. The largest absolute Gasteiger partial charge is 0.388 e. The summed E-state index contributed by atoms with van der Waals surface area (Å²) in [5.41, 5.74) is 10.6. The van der Waals surface area contributed by atoms with E-state index in [0.717, 1.165) is 25.7 Å². The molecule has 0 aliphatic carbocycles. The molecule has 0 aliphatic heterocycles. The Morgan fingerprint density at radius 3 is 0.900 bits per heavy atom. The highest BCUT2D eigenvalue weighted by atomic mass is 35.5. The molecule has 0 aromatic heterocycles. The first-order chi connectivity index (χ1) is 8.63. The van der Waals surface area contributed by atoms with Crippen LogP contribution in [0.4, 0.5) is 0 Å². The second-order valence-electron chi connectivity index (χ2n) is 5.09. The van der Waals surface area contributed by atoms with Gasteiger partial charge in [0.25, 0.3) is 0 Å². The fourth-order valence-electron chi connectivity index (χ4n) is 2.05. The number of nitrogens with one attached hydrogen (secondary N) is 2. The van der Waals surface area contributed by atoms with E-state index in [2.05, 4.69) is 0 Å². The van der Waals surface area contributed by atoms with Crippen LogP contribution >= 0.6 is 24.8 Å². The van der Waals surface area contributed by atoms with Crippen molar-refractivity contribution in [2.45, 2.75) is 77.0 Å². The lowest BCUT2D eigenvalue weighted by atomic mass is 10.0. The van der Waals surface area contributed by atoms with Gasteiger partial charge in [0.15, 0.2) is 0 Å². The third kappa shape index (κ3) is 22.7. The maximum atomic E-state index is 7.10. The Hall–Kier alpha value is -0.480. The third-order valence-electron chi connectivity index (χ3n) is 3.14. The van der Waals surface area contributed by atoms with Crippen molar-refractivity contribution in [1.82, 2.24) is 0 Å². The van der Waals surface area contributed by atoms with E-state index in [1.54, 1.807) is 0 Å². The van der Waals surface area contributed by atoms with Crippen molar-refractivity contribution in [3.05, 3.63) is 0 Å². The van der Waals surface area contributed by atoms with E-state index in [1.807, 2.05) is 0 Å². The SMILES string of the molecule is Cl.Cl.N=C(N)CCCCCCCCCCCCC(=N)N. The van der Waals surface area contributed by atoms with Crippen LogP contribution in [0.15, 0.2) is 0 Å². The molecule has 0 fully saturated rings. The number of halogens is 2. The number of unbranched alkanes of at least 4 members (excludes halogenated alkanes) is 9. The molecule has 6 heteroatoms. The molecule has 0 spiro atoms. The summed E-state index contributed by atoms with van der Waals surface area (Å²) >= 11 is 0. The first kappa shape index (κ1) is 24.5. The fourth-order valence-corrected chi connectivity index (χ4v) is 2.05. The summed E-state index contributed by atoms with van der Waals surface area (Å²) in [6.07, 6.45) is 13.9. The standard InChI is InChI=1S/C14H30N4.2ClH/c15-13(16)11-9-7-5-3-1-2-4-6-8-10-12-14(17)18;;/h1-12H2,(H3,15,16)(H3,17,18);2*1H. The van der Waals surface area contributed by atoms with Gasteiger partial charge in [-0.15, -0.1) is 24.8 Å². The molecule has 20 heavy (non-hydrogen) atoms. The lowest BCUT2D eigenvalue weighted by Gasteiger charge is -2.02. The van der Waals surface area contributed by atoms with Crippen molar-refractivity contribution < 1.29 is 0 Å². The normalized spacial score (nSPS) is 9.40. The van der Waals surface area contributed by atoms with E-state index in [4.69, 9.17) is 22.3 Å². The van der Waals surface area contributed by atoms with E-state index in [9.17, 15) is 0 Å². The van der Waals surface area contributed by atoms with Gasteiger partial charge in [0.05, 0.1) is 11.7 Å². The number of nitrogens with two attached hydrogens (primary N) is 2. The van der Waals surface area contributed by atoms with Gasteiger partial charge in [-0.2, -0.15) is 0 Å². The molecule has 0 saturated carbocycles. The van der Waals surface area contributed by atoms with Crippen molar-refractivity contribution in [3.63, 3.8) is 0 Å². The van der Waals surface area contributed by atoms with E-state index in [-0.39, 0.29) is 24.8 Å². The van der Waals surface area contributed by atoms with Gasteiger partial charge in [0.1, 0.15) is 0 Å². The number of rotatable bonds is 13. The van der Waals surface area contributed by atoms with Crippen LogP contribution in [-0.4, -0.2) is 11.7 Å². The fraction of sp³-hybridized carbons (Fsp3) is 0.857. The Labute approximate surface area is 136 Å². The molecule has 4 nitrogen and oxygen atoms in total. The quantitative estimate of drug-likeness (QED) is 0.229. The predicted molar refractivity (Wildman–Crippen MR) is 93.7 cm³/mol. The van der Waals surface area contributed by atoms with Gasteiger partial charge < -0.3 is 11.5 Å². The van der Waals surface area contributed by atoms with Crippen LogP contribution in [0.3, 0.4) is 0 Å². The Bertz CT molecular complexity index is 211. The zero-order valence-corrected chi connectivity index (χ0v) is 14.1. The Morgan fingerprint density at radius 1 is 0.500 bits per heavy atom. The molecule has 0 aliphatic rings. The lowest BCUT2D eigenvalue weighted by Crippen LogP contribution is -2.08. The van der Waals surface area contributed by atoms with Crippen molar-refractivity contribution in [2.75, 3.05) is 0 Å². The summed E-state index contributed by atoms with van der Waals surface area (Å²) < 4.78 is 0. The zero-order valence-electron chi connectivity index (χ0n) is 12.5. The molecule has 0 aromatic carbocycles. The van der Waals surface area contributed by atoms with Gasteiger partial charge in [-0.3, -0.25) is 10.8 Å². The van der Waals surface area contributed by atoms with Gasteiger partial charge in [0, 0.05) is 12.8 Å². The highest BCUT2D eigenvalue weighted by Crippen LogP contribution is 2.11. The third-order valence-corrected chi connectivity index (χ3v) is 3.14. The van der Waals surface area contributed by atoms with Gasteiger partial charge in [-0.05, 0) is 12.8 Å². The average Bonchev–Trinajstić information content (AvgIpc) is 2.29. The second-order valence-corrected chi connectivity index (χ2v) is 5.09. The summed E-state index contributed by atoms with van der Waals surface area (Å²) in [5, 5.41) is 14.2. The highest BCUT2D eigenvalue weighted by Gasteiger charge is 1.95. The summed E-state index contributed by atoms with van der Waals surface area (Å²) in [7, 11) is 0. The summed E-state index contributed by atoms with van der Waals surface area (Å²) in [5.74, 6) is 0.640. The smallest absolute Gasteiger partial charge is 0.0905 e. The molecule has 0 saturated heterocycles. The number of amidine groups is 2. The van der Waals surface area contributed by atoms with Crippen LogP contribution in [0.2, 0.25) is 0 Å². The second kappa shape index (κ2) is 18.5. The minimum Gasteiger partial charge on any atom is -0.388 e. The molecular weight excluding hydrogens is 295 g/mol. The summed E-state index contributed by atoms with van der Waals surface area (Å²) in [6, 6.07) is 0. The first-order valence-corrected chi connectivity index (χ1v) is 7.28. The van der Waals surface area contributed by atoms with Crippen molar-refractivity contribution in [2.24, 2.45) is 11.5 Å². The van der Waals surface area contributed by atoms with Crippen LogP contribution in [0, 0.1) is 10.8 Å². The molecule has 0 bridgehead atoms. The van der Waals surface area contributed by atoms with Crippen molar-refractivity contribution in [3.8, 4) is 0 Å². The van der Waals surface area contributed by atoms with Crippen LogP contribution < -0.4 is 11.5 Å². The summed E-state index contributed by atoms with van der Waals surface area (Å²) in [6.45, 7) is 0. The molecule has 0 aromatic rings. The Morgan fingerprint density at radius 2 is 0.700 bits per heavy atom. The van der Waals surface area contributed by atoms with Gasteiger partial charge in [-0.25, -0.2) is 0 Å². The molecule has 0 amide bonds. The van der Waals surface area contributed by atoms with Gasteiger partial charge in [-0.1, -0.05) is 51.4 Å². The van der Waals surface area contributed by atoms with Gasteiger partial charge >= 0.3 is 0 Å². The van der Waals surface area contributed by atoms with E-state index >= 15 is 0 Å². The van der Waals surface area contributed by atoms with Crippen LogP contribution in [0.1, 0.15) is 77.0 Å². The average molecular weight is 327 g/mol. The summed E-state index contributed by atoms with van der Waals surface area (Å²) in [4.78, 5) is 0. The van der Waals surface area contributed by atoms with Crippen LogP contribution in [0.25, 0.3) is 0 Å². The minimum atomic E-state index is 0. The van der Waals surface area contributed by atoms with E-state index in [1.165, 1.54) is 51.4 Å². The van der Waals surface area contributed by atoms with Crippen molar-refractivity contribution in [1.29, 1.82) is 10.8 Å². The van der Waals surface area contributed by atoms with Gasteiger partial charge in [0.2, 0.25) is 0 Å². The molecule has 0 unspecified atom stereocenters. The zero-order chi connectivity index (χ0) is 13.6. The molecule has 0 heterocycles. The monoisotopic (exact) mass is 326 g/mol. The predicted octanol–water partition coefficient (Wildman–Crippen LogP) is 4.38. The topological polar surface area (TPSA) is 99.7 Å². The number of hydrogen-bond acceptors (Lipinski definition) is 2. The minimum absolute atomic E-state index is 0.